The van der Waals surface area contributed by atoms with Crippen LogP contribution in [0.3, 0.4) is 0 Å². The van der Waals surface area contributed by atoms with E-state index in [1.54, 1.807) is 0 Å². The first kappa shape index (κ1) is 11.5. The van der Waals surface area contributed by atoms with Crippen LogP contribution in [0, 0.1) is 11.3 Å². The average molecular weight is 197 g/mol. The van der Waals surface area contributed by atoms with E-state index in [1.807, 2.05) is 6.07 Å². The van der Waals surface area contributed by atoms with Crippen molar-refractivity contribution in [3.05, 3.63) is 0 Å². The van der Waals surface area contributed by atoms with Crippen LogP contribution in [0.4, 0.5) is 0 Å². The van der Waals surface area contributed by atoms with E-state index in [9.17, 15) is 5.11 Å². The monoisotopic (exact) mass is 197 g/mol. The molecular weight excluding hydrogens is 185 g/mol. The minimum Gasteiger partial charge on any atom is -0.388 e. The van der Waals surface area contributed by atoms with E-state index < -0.39 is 23.8 Å². The summed E-state index contributed by atoms with van der Waals surface area (Å²) in [5.74, 6) is 0. The molecule has 0 saturated carbocycles. The number of ether oxygens (including phenoxy) is 3. The van der Waals surface area contributed by atoms with Gasteiger partial charge in [-0.05, 0) is 0 Å². The van der Waals surface area contributed by atoms with Gasteiger partial charge in [0.1, 0.15) is 26.1 Å². The molecule has 5 nitrogen and oxygen atoms in total. The lowest BCUT2D eigenvalue weighted by atomic mass is 9.90. The Morgan fingerprint density at radius 1 is 1.64 bits per heavy atom. The van der Waals surface area contributed by atoms with E-state index in [-0.39, 0.29) is 6.61 Å². The molecule has 1 heterocycles. The van der Waals surface area contributed by atoms with Crippen LogP contribution in [-0.4, -0.2) is 57.6 Å². The molecule has 1 rings (SSSR count). The third kappa shape index (κ3) is 1.64. The predicted molar refractivity (Wildman–Crippen MR) is 47.7 cm³/mol. The molecule has 1 aliphatic heterocycles. The number of aliphatic hydroxyl groups excluding tert-OH is 1. The summed E-state index contributed by atoms with van der Waals surface area (Å²) in [7, 11) is 8.29. The highest BCUT2D eigenvalue weighted by Gasteiger charge is 2.54. The van der Waals surface area contributed by atoms with Gasteiger partial charge in [-0.2, -0.15) is 5.26 Å². The first-order chi connectivity index (χ1) is 6.61. The molecule has 1 fully saturated rings. The van der Waals surface area contributed by atoms with Gasteiger partial charge < -0.3 is 19.3 Å². The molecule has 2 radical (unpaired) electrons. The van der Waals surface area contributed by atoms with Gasteiger partial charge >= 0.3 is 0 Å². The zero-order valence-corrected chi connectivity index (χ0v) is 8.14. The molecule has 0 aromatic rings. The molecule has 4 atom stereocenters. The highest BCUT2D eigenvalue weighted by atomic mass is 16.6. The molecule has 4 unspecified atom stereocenters. The first-order valence-electron chi connectivity index (χ1n) is 4.15. The standard InChI is InChI=1S/C8H12BNO4/c1-12-4-8(3-10)6(13-2)5(11)7(9)14-8/h5-7,11H,4H2,1-2H3. The van der Waals surface area contributed by atoms with Crippen LogP contribution in [0.2, 0.25) is 0 Å². The number of methoxy groups -OCH3 is 2. The quantitative estimate of drug-likeness (QED) is 0.575. The molecular formula is C8H12BNO4. The maximum Gasteiger partial charge on any atom is 0.205 e. The second-order valence-electron chi connectivity index (χ2n) is 3.16. The van der Waals surface area contributed by atoms with Gasteiger partial charge in [-0.15, -0.1) is 0 Å². The zero-order valence-electron chi connectivity index (χ0n) is 8.14. The number of hydrogen-bond acceptors (Lipinski definition) is 5. The highest BCUT2D eigenvalue weighted by molar-refractivity contribution is 6.11. The van der Waals surface area contributed by atoms with Crippen molar-refractivity contribution in [1.29, 1.82) is 5.26 Å². The lowest BCUT2D eigenvalue weighted by Gasteiger charge is -2.26. The van der Waals surface area contributed by atoms with E-state index in [2.05, 4.69) is 0 Å². The van der Waals surface area contributed by atoms with Crippen molar-refractivity contribution in [1.82, 2.24) is 0 Å². The van der Waals surface area contributed by atoms with Crippen LogP contribution in [0.15, 0.2) is 0 Å². The van der Waals surface area contributed by atoms with Gasteiger partial charge in [-0.25, -0.2) is 0 Å². The molecule has 0 amide bonds. The molecule has 1 saturated heterocycles. The molecule has 0 aromatic carbocycles. The normalized spacial score (nSPS) is 42.3. The van der Waals surface area contributed by atoms with E-state index >= 15 is 0 Å². The summed E-state index contributed by atoms with van der Waals surface area (Å²) in [4.78, 5) is 0. The SMILES string of the molecule is [B]C1OC(C#N)(COC)C(OC)C1O. The second kappa shape index (κ2) is 4.28. The van der Waals surface area contributed by atoms with Crippen molar-refractivity contribution in [2.75, 3.05) is 20.8 Å². The van der Waals surface area contributed by atoms with Crippen LogP contribution in [0.25, 0.3) is 0 Å². The van der Waals surface area contributed by atoms with Gasteiger partial charge in [-0.3, -0.25) is 0 Å². The van der Waals surface area contributed by atoms with Gasteiger partial charge in [-0.1, -0.05) is 0 Å². The van der Waals surface area contributed by atoms with Crippen molar-refractivity contribution >= 4 is 7.85 Å². The molecule has 0 bridgehead atoms. The van der Waals surface area contributed by atoms with E-state index in [4.69, 9.17) is 27.3 Å². The summed E-state index contributed by atoms with van der Waals surface area (Å²) >= 11 is 0. The summed E-state index contributed by atoms with van der Waals surface area (Å²) in [6.07, 6.45) is -1.81. The maximum atomic E-state index is 9.57. The van der Waals surface area contributed by atoms with Crippen molar-refractivity contribution < 1.29 is 19.3 Å². The number of nitriles is 1. The summed E-state index contributed by atoms with van der Waals surface area (Å²) in [6.45, 7) is 0.00671. The lowest BCUT2D eigenvalue weighted by Crippen LogP contribution is -2.46. The molecule has 76 valence electrons. The topological polar surface area (TPSA) is 71.7 Å². The van der Waals surface area contributed by atoms with Crippen molar-refractivity contribution in [2.45, 2.75) is 23.8 Å². The maximum absolute atomic E-state index is 9.57. The second-order valence-corrected chi connectivity index (χ2v) is 3.16. The fourth-order valence-corrected chi connectivity index (χ4v) is 1.61. The Morgan fingerprint density at radius 2 is 2.29 bits per heavy atom. The molecule has 0 aliphatic carbocycles. The molecule has 0 aromatic heterocycles. The molecule has 6 heteroatoms. The van der Waals surface area contributed by atoms with E-state index in [0.717, 1.165) is 0 Å². The summed E-state index contributed by atoms with van der Waals surface area (Å²) in [5, 5.41) is 18.6. The van der Waals surface area contributed by atoms with Crippen LogP contribution in [-0.2, 0) is 14.2 Å². The molecule has 0 spiro atoms. The Kier molecular flexibility index (Phi) is 3.51. The highest BCUT2D eigenvalue weighted by Crippen LogP contribution is 2.31. The minimum atomic E-state index is -1.32. The van der Waals surface area contributed by atoms with Gasteiger partial charge in [0, 0.05) is 20.2 Å². The molecule has 1 N–H and O–H groups in total. The lowest BCUT2D eigenvalue weighted by molar-refractivity contribution is -0.0841. The molecule has 14 heavy (non-hydrogen) atoms. The predicted octanol–water partition coefficient (Wildman–Crippen LogP) is -1.20. The Morgan fingerprint density at radius 3 is 2.71 bits per heavy atom. The Balaban J connectivity index is 2.91. The van der Waals surface area contributed by atoms with Crippen molar-refractivity contribution in [3.63, 3.8) is 0 Å². The third-order valence-electron chi connectivity index (χ3n) is 2.25. The Hall–Kier alpha value is -0.605. The summed E-state index contributed by atoms with van der Waals surface area (Å²) in [5.41, 5.74) is -1.32. The van der Waals surface area contributed by atoms with E-state index in [0.29, 0.717) is 0 Å². The van der Waals surface area contributed by atoms with Crippen LogP contribution < -0.4 is 0 Å². The summed E-state index contributed by atoms with van der Waals surface area (Å²) in [6, 6.07) is 1.01. The Labute approximate surface area is 84.0 Å². The van der Waals surface area contributed by atoms with E-state index in [1.165, 1.54) is 14.2 Å². The van der Waals surface area contributed by atoms with Crippen LogP contribution in [0.5, 0.6) is 0 Å². The van der Waals surface area contributed by atoms with Crippen molar-refractivity contribution in [2.24, 2.45) is 0 Å². The Bertz CT molecular complexity index is 244. The third-order valence-corrected chi connectivity index (χ3v) is 2.25. The number of nitrogens with zero attached hydrogens (tertiary/aromatic N) is 1. The molecule has 1 aliphatic rings. The minimum absolute atomic E-state index is 0.00671. The fourth-order valence-electron chi connectivity index (χ4n) is 1.61. The number of rotatable bonds is 3. The van der Waals surface area contributed by atoms with Crippen molar-refractivity contribution in [3.8, 4) is 6.07 Å². The van der Waals surface area contributed by atoms with Gasteiger partial charge in [0.15, 0.2) is 0 Å². The average Bonchev–Trinajstić information content (AvgIpc) is 2.40. The summed E-state index contributed by atoms with van der Waals surface area (Å²) < 4.78 is 15.0. The fraction of sp³-hybridized carbons (Fsp3) is 0.875. The van der Waals surface area contributed by atoms with Crippen LogP contribution in [0.1, 0.15) is 0 Å². The number of hydrogen-bond donors (Lipinski definition) is 1. The van der Waals surface area contributed by atoms with Gasteiger partial charge in [0.05, 0.1) is 6.61 Å². The zero-order chi connectivity index (χ0) is 10.8. The smallest absolute Gasteiger partial charge is 0.205 e. The van der Waals surface area contributed by atoms with Gasteiger partial charge in [0.2, 0.25) is 5.60 Å². The first-order valence-corrected chi connectivity index (χ1v) is 4.15. The largest absolute Gasteiger partial charge is 0.388 e. The van der Waals surface area contributed by atoms with Gasteiger partial charge in [0.25, 0.3) is 0 Å². The van der Waals surface area contributed by atoms with Crippen LogP contribution >= 0.6 is 0 Å². The number of aliphatic hydroxyl groups is 1.